The monoisotopic (exact) mass is 333 g/mol. The third kappa shape index (κ3) is 3.61. The van der Waals surface area contributed by atoms with Gasteiger partial charge in [0, 0.05) is 51.5 Å². The van der Waals surface area contributed by atoms with Crippen LogP contribution in [0, 0.1) is 0 Å². The molecule has 7 heteroatoms. The summed E-state index contributed by atoms with van der Waals surface area (Å²) in [6.07, 6.45) is 4.93. The molecule has 0 spiro atoms. The number of rotatable bonds is 6. The van der Waals surface area contributed by atoms with Crippen molar-refractivity contribution in [1.29, 1.82) is 0 Å². The van der Waals surface area contributed by atoms with Gasteiger partial charge < -0.3 is 10.2 Å². The van der Waals surface area contributed by atoms with Crippen LogP contribution in [0.1, 0.15) is 31.9 Å². The molecule has 0 saturated carbocycles. The van der Waals surface area contributed by atoms with Gasteiger partial charge in [-0.3, -0.25) is 19.2 Å². The number of nitrogens with one attached hydrogen (secondary N) is 1. The molecule has 0 aliphatic carbocycles. The summed E-state index contributed by atoms with van der Waals surface area (Å²) in [6, 6.07) is 2.13. The third-order valence-corrected chi connectivity index (χ3v) is 5.13. The van der Waals surface area contributed by atoms with Gasteiger partial charge in [0.25, 0.3) is 0 Å². The standard InChI is InChI=1S/C17H27N5O2/c1-3-21-10-4-5-15(17(21)24)22-11-13(12-22)19-16(23)7-6-14-8-9-18-20(14)2/h8-9,13,15H,3-7,10-12H2,1-2H3,(H,19,23). The Morgan fingerprint density at radius 1 is 1.42 bits per heavy atom. The van der Waals surface area contributed by atoms with E-state index in [9.17, 15) is 9.59 Å². The number of nitrogens with zero attached hydrogens (tertiary/aromatic N) is 4. The van der Waals surface area contributed by atoms with Crippen molar-refractivity contribution >= 4 is 11.8 Å². The van der Waals surface area contributed by atoms with Gasteiger partial charge in [-0.05, 0) is 32.3 Å². The molecule has 2 fully saturated rings. The number of aryl methyl sites for hydroxylation is 2. The minimum atomic E-state index is 0.0151. The molecule has 1 N–H and O–H groups in total. The van der Waals surface area contributed by atoms with Gasteiger partial charge in [-0.15, -0.1) is 0 Å². The fraction of sp³-hybridized carbons (Fsp3) is 0.706. The Morgan fingerprint density at radius 2 is 2.21 bits per heavy atom. The van der Waals surface area contributed by atoms with Crippen molar-refractivity contribution in [2.75, 3.05) is 26.2 Å². The van der Waals surface area contributed by atoms with Crippen LogP contribution in [0.15, 0.2) is 12.3 Å². The van der Waals surface area contributed by atoms with Crippen LogP contribution in [0.3, 0.4) is 0 Å². The average molecular weight is 333 g/mol. The molecule has 1 aromatic heterocycles. The van der Waals surface area contributed by atoms with Crippen molar-refractivity contribution in [2.24, 2.45) is 7.05 Å². The normalized spacial score (nSPS) is 22.5. The zero-order valence-corrected chi connectivity index (χ0v) is 14.6. The first kappa shape index (κ1) is 17.0. The minimum Gasteiger partial charge on any atom is -0.351 e. The van der Waals surface area contributed by atoms with Gasteiger partial charge in [0.1, 0.15) is 0 Å². The number of amides is 2. The Bertz CT molecular complexity index is 594. The molecular weight excluding hydrogens is 306 g/mol. The quantitative estimate of drug-likeness (QED) is 0.805. The molecule has 1 unspecified atom stereocenters. The second kappa shape index (κ2) is 7.34. The Hall–Kier alpha value is -1.89. The molecular formula is C17H27N5O2. The lowest BCUT2D eigenvalue weighted by molar-refractivity contribution is -0.142. The molecule has 1 atom stereocenters. The van der Waals surface area contributed by atoms with Crippen molar-refractivity contribution in [3.05, 3.63) is 18.0 Å². The highest BCUT2D eigenvalue weighted by molar-refractivity contribution is 5.83. The van der Waals surface area contributed by atoms with E-state index >= 15 is 0 Å². The Kier molecular flexibility index (Phi) is 5.18. The van der Waals surface area contributed by atoms with E-state index in [1.165, 1.54) is 0 Å². The van der Waals surface area contributed by atoms with Crippen LogP contribution in [0.4, 0.5) is 0 Å². The molecule has 132 valence electrons. The highest BCUT2D eigenvalue weighted by Gasteiger charge is 2.39. The van der Waals surface area contributed by atoms with Crippen molar-refractivity contribution in [2.45, 2.75) is 44.7 Å². The zero-order valence-electron chi connectivity index (χ0n) is 14.6. The number of likely N-dealkylation sites (tertiary alicyclic amines) is 2. The van der Waals surface area contributed by atoms with Gasteiger partial charge in [-0.25, -0.2) is 0 Å². The van der Waals surface area contributed by atoms with Gasteiger partial charge in [-0.1, -0.05) is 0 Å². The van der Waals surface area contributed by atoms with E-state index in [4.69, 9.17) is 0 Å². The Morgan fingerprint density at radius 3 is 2.88 bits per heavy atom. The molecule has 2 saturated heterocycles. The summed E-state index contributed by atoms with van der Waals surface area (Å²) >= 11 is 0. The summed E-state index contributed by atoms with van der Waals surface area (Å²) in [5.41, 5.74) is 1.06. The van der Waals surface area contributed by atoms with Crippen LogP contribution in [-0.4, -0.2) is 69.7 Å². The predicted octanol–water partition coefficient (Wildman–Crippen LogP) is 0.164. The molecule has 0 radical (unpaired) electrons. The first-order valence-corrected chi connectivity index (χ1v) is 8.87. The van der Waals surface area contributed by atoms with Crippen LogP contribution in [0.25, 0.3) is 0 Å². The zero-order chi connectivity index (χ0) is 17.1. The van der Waals surface area contributed by atoms with E-state index < -0.39 is 0 Å². The van der Waals surface area contributed by atoms with E-state index in [0.717, 1.165) is 44.7 Å². The van der Waals surface area contributed by atoms with Gasteiger partial charge in [0.05, 0.1) is 12.1 Å². The van der Waals surface area contributed by atoms with E-state index in [1.807, 2.05) is 24.9 Å². The number of hydrogen-bond donors (Lipinski definition) is 1. The third-order valence-electron chi connectivity index (χ3n) is 5.13. The highest BCUT2D eigenvalue weighted by Crippen LogP contribution is 2.22. The average Bonchev–Trinajstić information content (AvgIpc) is 2.94. The van der Waals surface area contributed by atoms with Gasteiger partial charge in [0.2, 0.25) is 11.8 Å². The van der Waals surface area contributed by atoms with Crippen molar-refractivity contribution in [3.8, 4) is 0 Å². The molecule has 2 aliphatic heterocycles. The lowest BCUT2D eigenvalue weighted by Crippen LogP contribution is -2.66. The number of carbonyl (C=O) groups is 2. The number of aromatic nitrogens is 2. The van der Waals surface area contributed by atoms with E-state index in [1.54, 1.807) is 10.9 Å². The van der Waals surface area contributed by atoms with E-state index in [2.05, 4.69) is 15.3 Å². The summed E-state index contributed by atoms with van der Waals surface area (Å²) in [6.45, 7) is 5.27. The summed E-state index contributed by atoms with van der Waals surface area (Å²) in [5.74, 6) is 0.329. The number of piperidine rings is 1. The molecule has 0 aromatic carbocycles. The topological polar surface area (TPSA) is 70.5 Å². The SMILES string of the molecule is CCN1CCCC(N2CC(NC(=O)CCc3ccnn3C)C2)C1=O. The maximum Gasteiger partial charge on any atom is 0.239 e. The summed E-state index contributed by atoms with van der Waals surface area (Å²) in [5, 5.41) is 7.18. The smallest absolute Gasteiger partial charge is 0.239 e. The lowest BCUT2D eigenvalue weighted by Gasteiger charge is -2.46. The molecule has 3 rings (SSSR count). The second-order valence-corrected chi connectivity index (χ2v) is 6.74. The van der Waals surface area contributed by atoms with Gasteiger partial charge in [-0.2, -0.15) is 5.10 Å². The molecule has 2 aliphatic rings. The van der Waals surface area contributed by atoms with Gasteiger partial charge in [0.15, 0.2) is 0 Å². The molecule has 0 bridgehead atoms. The Balaban J connectivity index is 1.39. The first-order chi connectivity index (χ1) is 11.6. The predicted molar refractivity (Wildman–Crippen MR) is 90.3 cm³/mol. The van der Waals surface area contributed by atoms with Crippen molar-refractivity contribution in [3.63, 3.8) is 0 Å². The summed E-state index contributed by atoms with van der Waals surface area (Å²) < 4.78 is 1.80. The maximum atomic E-state index is 12.4. The highest BCUT2D eigenvalue weighted by atomic mass is 16.2. The minimum absolute atomic E-state index is 0.0151. The van der Waals surface area contributed by atoms with Crippen LogP contribution >= 0.6 is 0 Å². The molecule has 3 heterocycles. The molecule has 24 heavy (non-hydrogen) atoms. The maximum absolute atomic E-state index is 12.4. The van der Waals surface area contributed by atoms with Crippen molar-refractivity contribution in [1.82, 2.24) is 24.9 Å². The first-order valence-electron chi connectivity index (χ1n) is 8.87. The molecule has 7 nitrogen and oxygen atoms in total. The number of carbonyl (C=O) groups excluding carboxylic acids is 2. The van der Waals surface area contributed by atoms with Crippen LogP contribution in [0.2, 0.25) is 0 Å². The fourth-order valence-corrected chi connectivity index (χ4v) is 3.62. The lowest BCUT2D eigenvalue weighted by atomic mass is 9.97. The van der Waals surface area contributed by atoms with Gasteiger partial charge >= 0.3 is 0 Å². The van der Waals surface area contributed by atoms with Crippen LogP contribution in [-0.2, 0) is 23.1 Å². The number of likely N-dealkylation sites (N-methyl/N-ethyl adjacent to an activating group) is 1. The largest absolute Gasteiger partial charge is 0.351 e. The number of hydrogen-bond acceptors (Lipinski definition) is 4. The molecule has 1 aromatic rings. The fourth-order valence-electron chi connectivity index (χ4n) is 3.62. The second-order valence-electron chi connectivity index (χ2n) is 6.74. The van der Waals surface area contributed by atoms with E-state index in [0.29, 0.717) is 12.8 Å². The van der Waals surface area contributed by atoms with Crippen molar-refractivity contribution < 1.29 is 9.59 Å². The van der Waals surface area contributed by atoms with E-state index in [-0.39, 0.29) is 23.9 Å². The summed E-state index contributed by atoms with van der Waals surface area (Å²) in [4.78, 5) is 28.6. The van der Waals surface area contributed by atoms with Crippen LogP contribution < -0.4 is 5.32 Å². The molecule has 2 amide bonds. The van der Waals surface area contributed by atoms with Crippen LogP contribution in [0.5, 0.6) is 0 Å². The summed E-state index contributed by atoms with van der Waals surface area (Å²) in [7, 11) is 1.89. The Labute approximate surface area is 143 Å².